The lowest BCUT2D eigenvalue weighted by Gasteiger charge is -2.15. The number of hydrazine groups is 1. The fourth-order valence-electron chi connectivity index (χ4n) is 1.76. The van der Waals surface area contributed by atoms with Crippen LogP contribution in [0.4, 0.5) is 0 Å². The minimum absolute atomic E-state index is 0.0497. The zero-order chi connectivity index (χ0) is 12.3. The van der Waals surface area contributed by atoms with Gasteiger partial charge in [-0.25, -0.2) is 5.43 Å². The van der Waals surface area contributed by atoms with Crippen LogP contribution in [-0.4, -0.2) is 16.9 Å². The first-order valence-electron chi connectivity index (χ1n) is 5.40. The highest BCUT2D eigenvalue weighted by Gasteiger charge is 2.18. The molecule has 2 aromatic heterocycles. The Morgan fingerprint density at radius 2 is 2.47 bits per heavy atom. The number of aryl methyl sites for hydroxylation is 1. The zero-order valence-electron chi connectivity index (χ0n) is 9.88. The molecule has 17 heavy (non-hydrogen) atoms. The number of hydrogen-bond donors (Lipinski definition) is 2. The SMILES string of the molecule is CCn1nccc1C(NN)c1cc(OC)cs1. The van der Waals surface area contributed by atoms with Crippen LogP contribution in [0.1, 0.15) is 23.5 Å². The van der Waals surface area contributed by atoms with Crippen LogP contribution < -0.4 is 16.0 Å². The number of nitrogens with one attached hydrogen (secondary N) is 1. The average molecular weight is 252 g/mol. The first-order valence-corrected chi connectivity index (χ1v) is 6.28. The van der Waals surface area contributed by atoms with Gasteiger partial charge in [-0.05, 0) is 19.1 Å². The summed E-state index contributed by atoms with van der Waals surface area (Å²) in [4.78, 5) is 1.11. The van der Waals surface area contributed by atoms with Crippen molar-refractivity contribution in [3.05, 3.63) is 34.3 Å². The summed E-state index contributed by atoms with van der Waals surface area (Å²) in [5.74, 6) is 6.50. The third-order valence-electron chi connectivity index (χ3n) is 2.63. The normalized spacial score (nSPS) is 12.6. The van der Waals surface area contributed by atoms with Crippen LogP contribution in [0.2, 0.25) is 0 Å². The van der Waals surface area contributed by atoms with E-state index in [9.17, 15) is 0 Å². The summed E-state index contributed by atoms with van der Waals surface area (Å²) in [5, 5.41) is 6.22. The summed E-state index contributed by atoms with van der Waals surface area (Å²) in [7, 11) is 1.66. The van der Waals surface area contributed by atoms with Crippen molar-refractivity contribution in [1.82, 2.24) is 15.2 Å². The van der Waals surface area contributed by atoms with Crippen molar-refractivity contribution in [3.63, 3.8) is 0 Å². The Bertz CT molecular complexity index is 479. The van der Waals surface area contributed by atoms with Gasteiger partial charge in [-0.15, -0.1) is 11.3 Å². The number of nitrogens with zero attached hydrogens (tertiary/aromatic N) is 2. The van der Waals surface area contributed by atoms with Crippen molar-refractivity contribution < 1.29 is 4.74 Å². The van der Waals surface area contributed by atoms with E-state index < -0.39 is 0 Å². The van der Waals surface area contributed by atoms with Gasteiger partial charge in [0, 0.05) is 23.0 Å². The molecule has 0 spiro atoms. The molecule has 0 aliphatic heterocycles. The minimum Gasteiger partial charge on any atom is -0.496 e. The van der Waals surface area contributed by atoms with Crippen molar-refractivity contribution in [2.75, 3.05) is 7.11 Å². The Morgan fingerprint density at radius 3 is 3.06 bits per heavy atom. The lowest BCUT2D eigenvalue weighted by Crippen LogP contribution is -2.30. The van der Waals surface area contributed by atoms with Crippen molar-refractivity contribution in [2.45, 2.75) is 19.5 Å². The van der Waals surface area contributed by atoms with E-state index in [4.69, 9.17) is 10.6 Å². The van der Waals surface area contributed by atoms with Crippen LogP contribution in [0.5, 0.6) is 5.75 Å². The van der Waals surface area contributed by atoms with Crippen molar-refractivity contribution in [1.29, 1.82) is 0 Å². The molecule has 1 atom stereocenters. The van der Waals surface area contributed by atoms with Gasteiger partial charge in [-0.2, -0.15) is 5.10 Å². The molecule has 0 aliphatic rings. The van der Waals surface area contributed by atoms with Gasteiger partial charge in [-0.3, -0.25) is 10.5 Å². The molecule has 6 heteroatoms. The fraction of sp³-hybridized carbons (Fsp3) is 0.364. The number of ether oxygens (including phenoxy) is 1. The van der Waals surface area contributed by atoms with E-state index in [2.05, 4.69) is 17.4 Å². The van der Waals surface area contributed by atoms with Crippen molar-refractivity contribution in [3.8, 4) is 5.75 Å². The molecule has 92 valence electrons. The van der Waals surface area contributed by atoms with E-state index in [-0.39, 0.29) is 6.04 Å². The van der Waals surface area contributed by atoms with Crippen LogP contribution in [0, 0.1) is 0 Å². The second-order valence-electron chi connectivity index (χ2n) is 3.56. The Balaban J connectivity index is 2.33. The number of nitrogens with two attached hydrogens (primary N) is 1. The number of rotatable bonds is 5. The fourth-order valence-corrected chi connectivity index (χ4v) is 2.68. The Hall–Kier alpha value is -1.37. The largest absolute Gasteiger partial charge is 0.496 e. The Labute approximate surface area is 104 Å². The first kappa shape index (κ1) is 12.1. The van der Waals surface area contributed by atoms with E-state index in [1.165, 1.54) is 0 Å². The molecule has 0 bridgehead atoms. The summed E-state index contributed by atoms with van der Waals surface area (Å²) < 4.78 is 7.11. The molecule has 2 aromatic rings. The second-order valence-corrected chi connectivity index (χ2v) is 4.50. The Morgan fingerprint density at radius 1 is 1.65 bits per heavy atom. The summed E-state index contributed by atoms with van der Waals surface area (Å²) in [6.45, 7) is 2.88. The van der Waals surface area contributed by atoms with Crippen LogP contribution in [0.25, 0.3) is 0 Å². The maximum absolute atomic E-state index is 5.65. The molecule has 0 radical (unpaired) electrons. The number of aromatic nitrogens is 2. The molecular formula is C11H16N4OS. The summed E-state index contributed by atoms with van der Waals surface area (Å²) in [6.07, 6.45) is 1.79. The lowest BCUT2D eigenvalue weighted by molar-refractivity contribution is 0.416. The van der Waals surface area contributed by atoms with E-state index in [1.54, 1.807) is 24.6 Å². The van der Waals surface area contributed by atoms with Gasteiger partial charge in [-0.1, -0.05) is 0 Å². The van der Waals surface area contributed by atoms with E-state index in [1.807, 2.05) is 22.2 Å². The molecule has 1 unspecified atom stereocenters. The number of methoxy groups -OCH3 is 1. The highest BCUT2D eigenvalue weighted by Crippen LogP contribution is 2.30. The topological polar surface area (TPSA) is 65.1 Å². The second kappa shape index (κ2) is 5.31. The third-order valence-corrected chi connectivity index (χ3v) is 3.60. The predicted octanol–water partition coefficient (Wildman–Crippen LogP) is 1.53. The van der Waals surface area contributed by atoms with Gasteiger partial charge in [0.2, 0.25) is 0 Å². The molecule has 0 aromatic carbocycles. The molecule has 2 heterocycles. The van der Waals surface area contributed by atoms with E-state index in [0.717, 1.165) is 22.9 Å². The molecule has 0 aliphatic carbocycles. The maximum Gasteiger partial charge on any atom is 0.129 e. The number of thiophene rings is 1. The van der Waals surface area contributed by atoms with Crippen LogP contribution >= 0.6 is 11.3 Å². The van der Waals surface area contributed by atoms with Crippen molar-refractivity contribution >= 4 is 11.3 Å². The standard InChI is InChI=1S/C11H16N4OS/c1-3-15-9(4-5-13-15)11(14-12)10-6-8(16-2)7-17-10/h4-7,11,14H,3,12H2,1-2H3. The maximum atomic E-state index is 5.65. The highest BCUT2D eigenvalue weighted by molar-refractivity contribution is 7.10. The smallest absolute Gasteiger partial charge is 0.129 e. The van der Waals surface area contributed by atoms with Crippen LogP contribution in [0.3, 0.4) is 0 Å². The predicted molar refractivity (Wildman–Crippen MR) is 67.9 cm³/mol. The lowest BCUT2D eigenvalue weighted by atomic mass is 10.2. The molecule has 0 saturated carbocycles. The van der Waals surface area contributed by atoms with Crippen LogP contribution in [0.15, 0.2) is 23.7 Å². The van der Waals surface area contributed by atoms with E-state index in [0.29, 0.717) is 0 Å². The van der Waals surface area contributed by atoms with Crippen molar-refractivity contribution in [2.24, 2.45) is 5.84 Å². The molecule has 0 amide bonds. The summed E-state index contributed by atoms with van der Waals surface area (Å²) in [6, 6.07) is 3.91. The molecule has 0 fully saturated rings. The van der Waals surface area contributed by atoms with Gasteiger partial charge in [0.1, 0.15) is 5.75 Å². The molecule has 3 N–H and O–H groups in total. The molecular weight excluding hydrogens is 236 g/mol. The van der Waals surface area contributed by atoms with Gasteiger partial charge >= 0.3 is 0 Å². The molecule has 5 nitrogen and oxygen atoms in total. The molecule has 2 rings (SSSR count). The summed E-state index contributed by atoms with van der Waals surface area (Å²) in [5.41, 5.74) is 3.88. The third kappa shape index (κ3) is 2.33. The van der Waals surface area contributed by atoms with Crippen LogP contribution in [-0.2, 0) is 6.54 Å². The van der Waals surface area contributed by atoms with Gasteiger partial charge in [0.15, 0.2) is 0 Å². The van der Waals surface area contributed by atoms with Gasteiger partial charge < -0.3 is 4.74 Å². The average Bonchev–Trinajstić information content (AvgIpc) is 2.99. The summed E-state index contributed by atoms with van der Waals surface area (Å²) >= 11 is 1.62. The quantitative estimate of drug-likeness (QED) is 0.625. The monoisotopic (exact) mass is 252 g/mol. The van der Waals surface area contributed by atoms with Gasteiger partial charge in [0.05, 0.1) is 18.8 Å². The molecule has 0 saturated heterocycles. The minimum atomic E-state index is -0.0497. The number of hydrogen-bond acceptors (Lipinski definition) is 5. The Kier molecular flexibility index (Phi) is 3.78. The first-order chi connectivity index (χ1) is 8.30. The highest BCUT2D eigenvalue weighted by atomic mass is 32.1. The van der Waals surface area contributed by atoms with E-state index >= 15 is 0 Å². The van der Waals surface area contributed by atoms with Gasteiger partial charge in [0.25, 0.3) is 0 Å². The zero-order valence-corrected chi connectivity index (χ0v) is 10.7.